The summed E-state index contributed by atoms with van der Waals surface area (Å²) in [7, 11) is -1.78. The van der Waals surface area contributed by atoms with E-state index in [0.29, 0.717) is 0 Å². The van der Waals surface area contributed by atoms with Gasteiger partial charge in [-0.3, -0.25) is 0 Å². The Morgan fingerprint density at radius 1 is 1.42 bits per heavy atom. The SMILES string of the molecule is CC(C)(C)[Si](C)(C)/N=C/C(=O)O. The van der Waals surface area contributed by atoms with E-state index in [1.807, 2.05) is 0 Å². The summed E-state index contributed by atoms with van der Waals surface area (Å²) in [5.41, 5.74) is 0. The molecule has 70 valence electrons. The van der Waals surface area contributed by atoms with Gasteiger partial charge in [0.1, 0.15) is 0 Å². The van der Waals surface area contributed by atoms with E-state index in [-0.39, 0.29) is 5.04 Å². The lowest BCUT2D eigenvalue weighted by molar-refractivity contribution is -0.128. The van der Waals surface area contributed by atoms with Gasteiger partial charge in [0.15, 0.2) is 8.24 Å². The fourth-order valence-electron chi connectivity index (χ4n) is 0.410. The van der Waals surface area contributed by atoms with Crippen LogP contribution in [0.5, 0.6) is 0 Å². The van der Waals surface area contributed by atoms with Crippen LogP contribution in [-0.4, -0.2) is 25.5 Å². The van der Waals surface area contributed by atoms with Crippen LogP contribution in [0.1, 0.15) is 20.8 Å². The van der Waals surface area contributed by atoms with E-state index in [9.17, 15) is 4.79 Å². The van der Waals surface area contributed by atoms with Crippen molar-refractivity contribution in [2.75, 3.05) is 0 Å². The third-order valence-corrected chi connectivity index (χ3v) is 6.78. The van der Waals surface area contributed by atoms with Crippen LogP contribution in [0.4, 0.5) is 0 Å². The van der Waals surface area contributed by atoms with Crippen molar-refractivity contribution < 1.29 is 9.90 Å². The fourth-order valence-corrected chi connectivity index (χ4v) is 1.23. The van der Waals surface area contributed by atoms with E-state index in [2.05, 4.69) is 38.5 Å². The molecule has 0 saturated heterocycles. The van der Waals surface area contributed by atoms with Gasteiger partial charge in [-0.25, -0.2) is 4.79 Å². The molecule has 0 fully saturated rings. The standard InChI is InChI=1S/C8H17NO2Si/c1-8(2,3)12(4,5)9-6-7(10)11/h6H,1-5H3,(H,10,11)/b9-6+. The first kappa shape index (κ1) is 11.4. The van der Waals surface area contributed by atoms with Gasteiger partial charge >= 0.3 is 5.97 Å². The Kier molecular flexibility index (Phi) is 3.21. The molecule has 0 amide bonds. The summed E-state index contributed by atoms with van der Waals surface area (Å²) in [4.78, 5) is 10.2. The zero-order chi connectivity index (χ0) is 9.99. The second-order valence-corrected chi connectivity index (χ2v) is 9.28. The van der Waals surface area contributed by atoms with Crippen LogP contribution in [-0.2, 0) is 4.79 Å². The smallest absolute Gasteiger partial charge is 0.345 e. The molecule has 0 radical (unpaired) electrons. The van der Waals surface area contributed by atoms with Gasteiger partial charge in [-0.15, -0.1) is 0 Å². The number of carboxylic acid groups (broad SMARTS) is 1. The number of aliphatic carboxylic acids is 1. The second-order valence-electron chi connectivity index (χ2n) is 4.41. The van der Waals surface area contributed by atoms with Crippen LogP contribution in [0, 0.1) is 0 Å². The average molecular weight is 187 g/mol. The van der Waals surface area contributed by atoms with Gasteiger partial charge in [0.2, 0.25) is 0 Å². The maximum absolute atomic E-state index is 10.2. The Hall–Kier alpha value is -0.643. The molecule has 3 nitrogen and oxygen atoms in total. The largest absolute Gasteiger partial charge is 0.477 e. The highest BCUT2D eigenvalue weighted by atomic mass is 28.3. The Morgan fingerprint density at radius 2 is 1.83 bits per heavy atom. The molecule has 0 aromatic carbocycles. The zero-order valence-corrected chi connectivity index (χ0v) is 9.38. The van der Waals surface area contributed by atoms with Crippen LogP contribution in [0.3, 0.4) is 0 Å². The van der Waals surface area contributed by atoms with Crippen molar-refractivity contribution in [1.29, 1.82) is 0 Å². The van der Waals surface area contributed by atoms with Crippen LogP contribution in [0.2, 0.25) is 18.1 Å². The Balaban J connectivity index is 4.54. The van der Waals surface area contributed by atoms with Gasteiger partial charge in [0.05, 0.1) is 6.21 Å². The average Bonchev–Trinajstić information content (AvgIpc) is 1.81. The number of carboxylic acids is 1. The Labute approximate surface area is 74.6 Å². The van der Waals surface area contributed by atoms with E-state index in [4.69, 9.17) is 5.11 Å². The van der Waals surface area contributed by atoms with E-state index < -0.39 is 14.2 Å². The molecule has 0 bridgehead atoms. The summed E-state index contributed by atoms with van der Waals surface area (Å²) in [5.74, 6) is -0.958. The minimum Gasteiger partial charge on any atom is -0.477 e. The van der Waals surface area contributed by atoms with E-state index in [1.54, 1.807) is 0 Å². The molecule has 0 rings (SSSR count). The molecule has 0 heterocycles. The van der Waals surface area contributed by atoms with Crippen LogP contribution in [0.15, 0.2) is 4.66 Å². The van der Waals surface area contributed by atoms with Crippen molar-refractivity contribution in [3.05, 3.63) is 0 Å². The van der Waals surface area contributed by atoms with Crippen LogP contribution < -0.4 is 0 Å². The third kappa shape index (κ3) is 3.17. The number of hydrogen-bond donors (Lipinski definition) is 1. The summed E-state index contributed by atoms with van der Waals surface area (Å²) in [6.45, 7) is 10.4. The number of carbonyl (C=O) groups is 1. The lowest BCUT2D eigenvalue weighted by Gasteiger charge is -2.32. The molecule has 0 spiro atoms. The predicted molar refractivity (Wildman–Crippen MR) is 53.3 cm³/mol. The van der Waals surface area contributed by atoms with Crippen molar-refractivity contribution in [3.8, 4) is 0 Å². The molecule has 12 heavy (non-hydrogen) atoms. The highest BCUT2D eigenvalue weighted by Crippen LogP contribution is 2.36. The van der Waals surface area contributed by atoms with Gasteiger partial charge in [-0.05, 0) is 18.1 Å². The predicted octanol–water partition coefficient (Wildman–Crippen LogP) is 2.15. The quantitative estimate of drug-likeness (QED) is 0.532. The highest BCUT2D eigenvalue weighted by molar-refractivity contribution is 6.79. The molecular weight excluding hydrogens is 170 g/mol. The van der Waals surface area contributed by atoms with E-state index in [1.165, 1.54) is 0 Å². The van der Waals surface area contributed by atoms with Crippen LogP contribution in [0.25, 0.3) is 0 Å². The molecule has 0 atom stereocenters. The Morgan fingerprint density at radius 3 is 2.08 bits per heavy atom. The molecule has 0 aromatic heterocycles. The van der Waals surface area contributed by atoms with E-state index in [0.717, 1.165) is 6.21 Å². The number of nitrogens with zero attached hydrogens (tertiary/aromatic N) is 1. The lowest BCUT2D eigenvalue weighted by Crippen LogP contribution is -2.35. The van der Waals surface area contributed by atoms with Crippen molar-refractivity contribution in [1.82, 2.24) is 0 Å². The van der Waals surface area contributed by atoms with Gasteiger partial charge in [-0.1, -0.05) is 20.8 Å². The van der Waals surface area contributed by atoms with Crippen molar-refractivity contribution in [3.63, 3.8) is 0 Å². The highest BCUT2D eigenvalue weighted by Gasteiger charge is 2.35. The van der Waals surface area contributed by atoms with Gasteiger partial charge < -0.3 is 9.76 Å². The zero-order valence-electron chi connectivity index (χ0n) is 8.38. The van der Waals surface area contributed by atoms with Crippen molar-refractivity contribution in [2.24, 2.45) is 4.66 Å². The molecule has 4 heteroatoms. The molecule has 0 aliphatic rings. The first-order valence-corrected chi connectivity index (χ1v) is 6.90. The minimum absolute atomic E-state index is 0.110. The van der Waals surface area contributed by atoms with Gasteiger partial charge in [0.25, 0.3) is 0 Å². The van der Waals surface area contributed by atoms with Crippen molar-refractivity contribution in [2.45, 2.75) is 38.9 Å². The maximum atomic E-state index is 10.2. The number of hydrogen-bond acceptors (Lipinski definition) is 2. The number of rotatable bonds is 2. The molecule has 0 aliphatic heterocycles. The molecular formula is C8H17NO2Si. The summed E-state index contributed by atoms with van der Waals surface area (Å²) in [6, 6.07) is 0. The monoisotopic (exact) mass is 187 g/mol. The third-order valence-electron chi connectivity index (χ3n) is 2.33. The first-order chi connectivity index (χ1) is 5.17. The summed E-state index contributed by atoms with van der Waals surface area (Å²) >= 11 is 0. The van der Waals surface area contributed by atoms with Crippen molar-refractivity contribution >= 4 is 20.4 Å². The lowest BCUT2D eigenvalue weighted by atomic mass is 10.2. The maximum Gasteiger partial charge on any atom is 0.345 e. The summed E-state index contributed by atoms with van der Waals surface area (Å²) < 4.78 is 4.14. The van der Waals surface area contributed by atoms with Gasteiger partial charge in [-0.2, -0.15) is 0 Å². The molecule has 1 N–H and O–H groups in total. The van der Waals surface area contributed by atoms with E-state index >= 15 is 0 Å². The fraction of sp³-hybridized carbons (Fsp3) is 0.750. The minimum atomic E-state index is -1.78. The van der Waals surface area contributed by atoms with Crippen LogP contribution >= 0.6 is 0 Å². The second kappa shape index (κ2) is 3.39. The molecule has 0 unspecified atom stereocenters. The molecule has 0 aromatic rings. The topological polar surface area (TPSA) is 49.7 Å². The normalized spacial score (nSPS) is 13.8. The first-order valence-electron chi connectivity index (χ1n) is 3.95. The molecule has 0 saturated carbocycles. The summed E-state index contributed by atoms with van der Waals surface area (Å²) in [5, 5.41) is 8.53. The van der Waals surface area contributed by atoms with Gasteiger partial charge in [0, 0.05) is 0 Å². The summed E-state index contributed by atoms with van der Waals surface area (Å²) in [6.07, 6.45) is 1.03. The Bertz CT molecular complexity index is 204. The molecule has 0 aliphatic carbocycles.